The van der Waals surface area contributed by atoms with Crippen LogP contribution in [0.3, 0.4) is 0 Å². The van der Waals surface area contributed by atoms with E-state index in [1.54, 1.807) is 35.9 Å². The summed E-state index contributed by atoms with van der Waals surface area (Å²) in [5.41, 5.74) is 3.36. The fourth-order valence-electron chi connectivity index (χ4n) is 2.56. The maximum absolute atomic E-state index is 2.39. The minimum Gasteiger partial charge on any atom is -1.00 e. The molecule has 3 atom stereocenters. The molecule has 14 heavy (non-hydrogen) atoms. The molecule has 1 saturated carbocycles. The number of fused-ring (bicyclic) bond motifs is 1. The molecule has 0 nitrogen and oxygen atoms in total. The molecule has 2 aliphatic rings. The maximum atomic E-state index is 2.39. The maximum Gasteiger partial charge on any atom is -1.00 e. The standard InChI is InChI=1S/C11H15.2ClH.Zr/c1-8-6-7-9(2)11-5-3-4-10(8)11;;;/h4,6-7,9,11H,3,5H2,1-2H3;2*1H;/q;;;+2/p-2. The molecular formula is C11H15Cl2Zr. The minimum absolute atomic E-state index is 0. The Hall–Kier alpha value is 0.943. The first-order valence-electron chi connectivity index (χ1n) is 4.80. The smallest absolute Gasteiger partial charge is 1.00 e. The average molecular weight is 309 g/mol. The van der Waals surface area contributed by atoms with Crippen molar-refractivity contribution in [1.29, 1.82) is 0 Å². The molecular weight excluding hydrogens is 294 g/mol. The second-order valence-corrected chi connectivity index (χ2v) is 5.81. The van der Waals surface area contributed by atoms with Crippen LogP contribution in [0.4, 0.5) is 0 Å². The van der Waals surface area contributed by atoms with Crippen molar-refractivity contribution in [3.8, 4) is 0 Å². The molecule has 0 amide bonds. The van der Waals surface area contributed by atoms with Crippen molar-refractivity contribution in [2.75, 3.05) is 0 Å². The van der Waals surface area contributed by atoms with Crippen molar-refractivity contribution in [2.24, 2.45) is 11.8 Å². The zero-order chi connectivity index (χ0) is 8.72. The topological polar surface area (TPSA) is 0 Å². The zero-order valence-electron chi connectivity index (χ0n) is 8.56. The van der Waals surface area contributed by atoms with E-state index in [0.29, 0.717) is 0 Å². The van der Waals surface area contributed by atoms with E-state index in [2.05, 4.69) is 26.0 Å². The van der Waals surface area contributed by atoms with Crippen LogP contribution in [0.1, 0.15) is 26.7 Å². The van der Waals surface area contributed by atoms with Crippen LogP contribution in [-0.4, -0.2) is 0 Å². The van der Waals surface area contributed by atoms with Crippen LogP contribution in [-0.2, 0) is 24.7 Å². The molecule has 0 aromatic rings. The Balaban J connectivity index is 0.000000845. The summed E-state index contributed by atoms with van der Waals surface area (Å²) in [4.78, 5) is 0. The van der Waals surface area contributed by atoms with Gasteiger partial charge in [0.1, 0.15) is 0 Å². The van der Waals surface area contributed by atoms with E-state index in [-0.39, 0.29) is 24.8 Å². The Morgan fingerprint density at radius 3 is 2.50 bits per heavy atom. The largest absolute Gasteiger partial charge is 1.00 e. The summed E-state index contributed by atoms with van der Waals surface area (Å²) in [6.07, 6.45) is 7.60. The fraction of sp³-hybridized carbons (Fsp3) is 0.636. The van der Waals surface area contributed by atoms with Gasteiger partial charge in [0.25, 0.3) is 0 Å². The third kappa shape index (κ3) is 2.54. The average Bonchev–Trinajstić information content (AvgIpc) is 2.42. The van der Waals surface area contributed by atoms with E-state index in [4.69, 9.17) is 0 Å². The predicted octanol–water partition coefficient (Wildman–Crippen LogP) is -2.74. The van der Waals surface area contributed by atoms with Crippen LogP contribution < -0.4 is 24.8 Å². The molecule has 3 heteroatoms. The summed E-state index contributed by atoms with van der Waals surface area (Å²) < 4.78 is 0.939. The van der Waals surface area contributed by atoms with Gasteiger partial charge < -0.3 is 24.8 Å². The molecule has 0 N–H and O–H groups in total. The van der Waals surface area contributed by atoms with Gasteiger partial charge in [-0.3, -0.25) is 0 Å². The van der Waals surface area contributed by atoms with Gasteiger partial charge in [0.2, 0.25) is 0 Å². The third-order valence-electron chi connectivity index (χ3n) is 3.28. The molecule has 0 aromatic heterocycles. The van der Waals surface area contributed by atoms with Crippen molar-refractivity contribution < 1.29 is 49.5 Å². The first-order valence-corrected chi connectivity index (χ1v) is 6.22. The molecule has 0 spiro atoms. The Labute approximate surface area is 114 Å². The molecule has 2 aliphatic carbocycles. The van der Waals surface area contributed by atoms with E-state index in [9.17, 15) is 0 Å². The SMILES string of the molecule is CC1=C2[CH]([Zr+2])CCC2C(C)C=C1.[Cl-].[Cl-]. The monoisotopic (exact) mass is 307 g/mol. The van der Waals surface area contributed by atoms with E-state index in [1.165, 1.54) is 12.8 Å². The second-order valence-electron chi connectivity index (χ2n) is 4.09. The van der Waals surface area contributed by atoms with Gasteiger partial charge in [-0.05, 0) is 0 Å². The molecule has 3 unspecified atom stereocenters. The number of hydrogen-bond acceptors (Lipinski definition) is 0. The Morgan fingerprint density at radius 2 is 1.93 bits per heavy atom. The molecule has 1 fully saturated rings. The van der Waals surface area contributed by atoms with E-state index in [1.807, 2.05) is 0 Å². The Bertz CT molecular complexity index is 258. The summed E-state index contributed by atoms with van der Waals surface area (Å²) in [5.74, 6) is 1.70. The fourth-order valence-corrected chi connectivity index (χ4v) is 4.05. The summed E-state index contributed by atoms with van der Waals surface area (Å²) in [5, 5.41) is 0. The van der Waals surface area contributed by atoms with Gasteiger partial charge in [0, 0.05) is 0 Å². The molecule has 0 heterocycles. The molecule has 0 saturated heterocycles. The van der Waals surface area contributed by atoms with Gasteiger partial charge in [0.05, 0.1) is 0 Å². The van der Waals surface area contributed by atoms with Crippen LogP contribution in [0.2, 0.25) is 3.63 Å². The summed E-state index contributed by atoms with van der Waals surface area (Å²) in [7, 11) is 0. The van der Waals surface area contributed by atoms with Crippen LogP contribution >= 0.6 is 0 Å². The van der Waals surface area contributed by atoms with Crippen molar-refractivity contribution in [3.05, 3.63) is 23.3 Å². The summed E-state index contributed by atoms with van der Waals surface area (Å²) in [6, 6.07) is 0. The first kappa shape index (κ1) is 14.9. The number of hydrogen-bond donors (Lipinski definition) is 0. The van der Waals surface area contributed by atoms with Crippen molar-refractivity contribution in [1.82, 2.24) is 0 Å². The molecule has 0 bridgehead atoms. The molecule has 0 aromatic carbocycles. The van der Waals surface area contributed by atoms with Gasteiger partial charge in [-0.2, -0.15) is 0 Å². The molecule has 2 rings (SSSR count). The van der Waals surface area contributed by atoms with Gasteiger partial charge >= 0.3 is 90.2 Å². The molecule has 0 aliphatic heterocycles. The predicted molar refractivity (Wildman–Crippen MR) is 47.5 cm³/mol. The molecule has 0 radical (unpaired) electrons. The number of rotatable bonds is 0. The van der Waals surface area contributed by atoms with Gasteiger partial charge in [-0.1, -0.05) is 0 Å². The van der Waals surface area contributed by atoms with Crippen LogP contribution in [0, 0.1) is 11.8 Å². The van der Waals surface area contributed by atoms with Crippen LogP contribution in [0.15, 0.2) is 23.3 Å². The van der Waals surface area contributed by atoms with Crippen molar-refractivity contribution in [3.63, 3.8) is 0 Å². The number of allylic oxidation sites excluding steroid dienone is 4. The molecule has 77 valence electrons. The van der Waals surface area contributed by atoms with Gasteiger partial charge in [0.15, 0.2) is 0 Å². The normalized spacial score (nSPS) is 34.7. The number of halogens is 2. The Kier molecular flexibility index (Phi) is 6.27. The second kappa shape index (κ2) is 5.87. The van der Waals surface area contributed by atoms with Crippen molar-refractivity contribution >= 4 is 0 Å². The van der Waals surface area contributed by atoms with Crippen LogP contribution in [0.5, 0.6) is 0 Å². The Morgan fingerprint density at radius 1 is 1.29 bits per heavy atom. The quantitative estimate of drug-likeness (QED) is 0.456. The summed E-state index contributed by atoms with van der Waals surface area (Å²) in [6.45, 7) is 4.65. The van der Waals surface area contributed by atoms with E-state index in [0.717, 1.165) is 15.5 Å². The first-order chi connectivity index (χ1) is 5.70. The minimum atomic E-state index is 0. The zero-order valence-corrected chi connectivity index (χ0v) is 12.5. The van der Waals surface area contributed by atoms with Gasteiger partial charge in [-0.15, -0.1) is 0 Å². The van der Waals surface area contributed by atoms with Gasteiger partial charge in [-0.25, -0.2) is 0 Å². The van der Waals surface area contributed by atoms with E-state index >= 15 is 0 Å². The summed E-state index contributed by atoms with van der Waals surface area (Å²) >= 11 is 1.72. The van der Waals surface area contributed by atoms with E-state index < -0.39 is 0 Å². The van der Waals surface area contributed by atoms with Crippen molar-refractivity contribution in [2.45, 2.75) is 30.3 Å². The third-order valence-corrected chi connectivity index (χ3v) is 4.76. The van der Waals surface area contributed by atoms with Crippen LogP contribution in [0.25, 0.3) is 0 Å².